The summed E-state index contributed by atoms with van der Waals surface area (Å²) in [6.45, 7) is 2.82. The van der Waals surface area contributed by atoms with Crippen molar-refractivity contribution in [3.63, 3.8) is 0 Å². The number of alkyl halides is 3. The van der Waals surface area contributed by atoms with Crippen LogP contribution in [0.3, 0.4) is 0 Å². The highest BCUT2D eigenvalue weighted by molar-refractivity contribution is 7.91. The summed E-state index contributed by atoms with van der Waals surface area (Å²) in [5, 5.41) is 2.95. The first-order valence-corrected chi connectivity index (χ1v) is 13.5. The van der Waals surface area contributed by atoms with Crippen molar-refractivity contribution in [2.24, 2.45) is 0 Å². The SMILES string of the molecule is Cc1cc(N2CC[S+]([O-])CC2)ccc1NC(=O)COc1ccc(Cl)cc1C(=O)c1cccc(C(F)(F)F)c1. The Labute approximate surface area is 225 Å². The van der Waals surface area contributed by atoms with E-state index in [9.17, 15) is 27.3 Å². The summed E-state index contributed by atoms with van der Waals surface area (Å²) in [5.41, 5.74) is 1.18. The summed E-state index contributed by atoms with van der Waals surface area (Å²) in [6.07, 6.45) is -4.60. The van der Waals surface area contributed by atoms with E-state index >= 15 is 0 Å². The minimum Gasteiger partial charge on any atom is -0.616 e. The van der Waals surface area contributed by atoms with Crippen LogP contribution in [0, 0.1) is 6.92 Å². The number of carbonyl (C=O) groups excluding carboxylic acids is 2. The average Bonchev–Trinajstić information content (AvgIpc) is 2.88. The second-order valence-corrected chi connectivity index (χ2v) is 10.9. The molecule has 1 fully saturated rings. The van der Waals surface area contributed by atoms with Gasteiger partial charge in [-0.15, -0.1) is 0 Å². The maximum Gasteiger partial charge on any atom is 0.416 e. The lowest BCUT2D eigenvalue weighted by Crippen LogP contribution is -2.40. The Balaban J connectivity index is 1.44. The van der Waals surface area contributed by atoms with Gasteiger partial charge in [-0.3, -0.25) is 9.59 Å². The highest BCUT2D eigenvalue weighted by Crippen LogP contribution is 2.32. The number of rotatable bonds is 7. The van der Waals surface area contributed by atoms with Crippen LogP contribution in [0.4, 0.5) is 24.5 Å². The van der Waals surface area contributed by atoms with Crippen LogP contribution < -0.4 is 15.0 Å². The molecule has 200 valence electrons. The zero-order chi connectivity index (χ0) is 27.4. The van der Waals surface area contributed by atoms with E-state index in [4.69, 9.17) is 16.3 Å². The zero-order valence-electron chi connectivity index (χ0n) is 20.3. The van der Waals surface area contributed by atoms with Crippen LogP contribution >= 0.6 is 11.6 Å². The molecule has 6 nitrogen and oxygen atoms in total. The second-order valence-electron chi connectivity index (χ2n) is 8.72. The molecule has 0 bridgehead atoms. The molecule has 0 unspecified atom stereocenters. The van der Waals surface area contributed by atoms with Crippen molar-refractivity contribution in [2.45, 2.75) is 13.1 Å². The van der Waals surface area contributed by atoms with Crippen molar-refractivity contribution in [1.82, 2.24) is 0 Å². The number of hydrogen-bond donors (Lipinski definition) is 1. The number of nitrogens with zero attached hydrogens (tertiary/aromatic N) is 1. The Morgan fingerprint density at radius 1 is 1.08 bits per heavy atom. The van der Waals surface area contributed by atoms with Gasteiger partial charge in [-0.05, 0) is 61.0 Å². The molecule has 0 atom stereocenters. The Bertz CT molecular complexity index is 1340. The summed E-state index contributed by atoms with van der Waals surface area (Å²) in [4.78, 5) is 27.8. The molecule has 3 aromatic carbocycles. The molecule has 0 aliphatic carbocycles. The van der Waals surface area contributed by atoms with Crippen molar-refractivity contribution in [2.75, 3.05) is 41.4 Å². The van der Waals surface area contributed by atoms with E-state index in [0.29, 0.717) is 30.3 Å². The first-order valence-electron chi connectivity index (χ1n) is 11.7. The number of aryl methyl sites for hydroxylation is 1. The number of ketones is 1. The summed E-state index contributed by atoms with van der Waals surface area (Å²) >= 11 is 5.25. The molecule has 1 aliphatic heterocycles. The molecule has 4 rings (SSSR count). The van der Waals surface area contributed by atoms with Crippen LogP contribution in [-0.4, -0.2) is 47.4 Å². The van der Waals surface area contributed by atoms with Gasteiger partial charge in [0.05, 0.1) is 24.2 Å². The largest absolute Gasteiger partial charge is 0.616 e. The quantitative estimate of drug-likeness (QED) is 0.303. The third kappa shape index (κ3) is 6.80. The van der Waals surface area contributed by atoms with Gasteiger partial charge in [0, 0.05) is 22.0 Å². The number of benzene rings is 3. The molecule has 1 N–H and O–H groups in total. The number of hydrogen-bond acceptors (Lipinski definition) is 5. The normalized spacial score (nSPS) is 14.3. The molecule has 11 heteroatoms. The smallest absolute Gasteiger partial charge is 0.416 e. The summed E-state index contributed by atoms with van der Waals surface area (Å²) < 4.78 is 56.5. The number of halogens is 4. The third-order valence-electron chi connectivity index (χ3n) is 6.02. The maximum atomic E-state index is 13.1. The first-order chi connectivity index (χ1) is 18.0. The van der Waals surface area contributed by atoms with E-state index in [1.165, 1.54) is 24.3 Å². The predicted octanol–water partition coefficient (Wildman–Crippen LogP) is 5.48. The van der Waals surface area contributed by atoms with Crippen LogP contribution in [0.5, 0.6) is 5.75 Å². The molecule has 1 saturated heterocycles. The minimum atomic E-state index is -4.60. The van der Waals surface area contributed by atoms with Gasteiger partial charge in [-0.1, -0.05) is 34.9 Å². The highest BCUT2D eigenvalue weighted by Gasteiger charge is 2.31. The first kappa shape index (κ1) is 27.8. The van der Waals surface area contributed by atoms with Crippen molar-refractivity contribution < 1.29 is 32.0 Å². The zero-order valence-corrected chi connectivity index (χ0v) is 21.9. The molecule has 0 spiro atoms. The van der Waals surface area contributed by atoms with E-state index in [1.807, 2.05) is 19.1 Å². The Hall–Kier alpha value is -3.21. The fraction of sp³-hybridized carbons (Fsp3) is 0.259. The fourth-order valence-corrected chi connectivity index (χ4v) is 5.23. The van der Waals surface area contributed by atoms with Gasteiger partial charge in [0.15, 0.2) is 12.4 Å². The van der Waals surface area contributed by atoms with Gasteiger partial charge in [0.25, 0.3) is 5.91 Å². The molecule has 1 amide bonds. The second kappa shape index (κ2) is 11.7. The van der Waals surface area contributed by atoms with Crippen molar-refractivity contribution in [3.05, 3.63) is 87.9 Å². The number of nitrogens with one attached hydrogen (secondary N) is 1. The van der Waals surface area contributed by atoms with E-state index < -0.39 is 41.2 Å². The Kier molecular flexibility index (Phi) is 8.54. The van der Waals surface area contributed by atoms with Gasteiger partial charge < -0.3 is 19.5 Å². The lowest BCUT2D eigenvalue weighted by molar-refractivity contribution is -0.137. The molecule has 0 radical (unpaired) electrons. The average molecular weight is 565 g/mol. The van der Waals surface area contributed by atoms with Gasteiger partial charge in [0.2, 0.25) is 0 Å². The fourth-order valence-electron chi connectivity index (χ4n) is 4.01. The van der Waals surface area contributed by atoms with Crippen molar-refractivity contribution in [3.8, 4) is 5.75 Å². The molecule has 1 aliphatic rings. The van der Waals surface area contributed by atoms with Crippen molar-refractivity contribution >= 4 is 45.8 Å². The van der Waals surface area contributed by atoms with Gasteiger partial charge in [0.1, 0.15) is 17.3 Å². The molecule has 0 aromatic heterocycles. The summed E-state index contributed by atoms with van der Waals surface area (Å²) in [7, 11) is 0. The molecule has 38 heavy (non-hydrogen) atoms. The Morgan fingerprint density at radius 3 is 2.50 bits per heavy atom. The topological polar surface area (TPSA) is 81.7 Å². The van der Waals surface area contributed by atoms with E-state index in [1.54, 1.807) is 6.07 Å². The van der Waals surface area contributed by atoms with E-state index in [0.717, 1.165) is 29.4 Å². The number of amides is 1. The summed E-state index contributed by atoms with van der Waals surface area (Å²) in [6, 6.07) is 13.8. The van der Waals surface area contributed by atoms with Crippen molar-refractivity contribution in [1.29, 1.82) is 0 Å². The molecular formula is C27H24ClF3N2O4S. The maximum absolute atomic E-state index is 13.1. The van der Waals surface area contributed by atoms with Crippen LogP contribution in [0.1, 0.15) is 27.0 Å². The van der Waals surface area contributed by atoms with Gasteiger partial charge >= 0.3 is 6.18 Å². The lowest BCUT2D eigenvalue weighted by Gasteiger charge is -2.30. The molecule has 0 saturated carbocycles. The number of anilines is 2. The Morgan fingerprint density at radius 2 is 1.82 bits per heavy atom. The van der Waals surface area contributed by atoms with Gasteiger partial charge in [-0.25, -0.2) is 0 Å². The number of ether oxygens (including phenoxy) is 1. The van der Waals surface area contributed by atoms with E-state index in [2.05, 4.69) is 10.2 Å². The van der Waals surface area contributed by atoms with Gasteiger partial charge in [-0.2, -0.15) is 13.2 Å². The van der Waals surface area contributed by atoms with Crippen LogP contribution in [0.2, 0.25) is 5.02 Å². The van der Waals surface area contributed by atoms with E-state index in [-0.39, 0.29) is 21.9 Å². The van der Waals surface area contributed by atoms with Crippen LogP contribution in [-0.2, 0) is 22.1 Å². The molecule has 3 aromatic rings. The van der Waals surface area contributed by atoms with Crippen LogP contribution in [0.15, 0.2) is 60.7 Å². The molecule has 1 heterocycles. The highest BCUT2D eigenvalue weighted by atomic mass is 35.5. The summed E-state index contributed by atoms with van der Waals surface area (Å²) in [5.74, 6) is 0.0560. The number of carbonyl (C=O) groups is 2. The monoisotopic (exact) mass is 564 g/mol. The van der Waals surface area contributed by atoms with Crippen LogP contribution in [0.25, 0.3) is 0 Å². The third-order valence-corrected chi connectivity index (χ3v) is 7.53. The standard InChI is InChI=1S/C27H24ClF3N2O4S/c1-17-13-21(33-9-11-38(36)12-10-33)6-7-23(17)32-25(34)16-37-24-8-5-20(28)15-22(24)26(35)18-3-2-4-19(14-18)27(29,30)31/h2-8,13-15H,9-12,16H2,1H3,(H,32,34). The minimum absolute atomic E-state index is 0.0153. The predicted molar refractivity (Wildman–Crippen MR) is 142 cm³/mol. The lowest BCUT2D eigenvalue weighted by atomic mass is 10.0. The molecular weight excluding hydrogens is 541 g/mol.